The lowest BCUT2D eigenvalue weighted by Gasteiger charge is -2.08. The van der Waals surface area contributed by atoms with Crippen molar-refractivity contribution in [3.8, 4) is 22.9 Å². The lowest BCUT2D eigenvalue weighted by molar-refractivity contribution is 0.0907. The van der Waals surface area contributed by atoms with Crippen molar-refractivity contribution >= 4 is 5.91 Å². The van der Waals surface area contributed by atoms with Gasteiger partial charge in [-0.05, 0) is 17.7 Å². The molecule has 7 heteroatoms. The third-order valence-electron chi connectivity index (χ3n) is 3.52. The highest BCUT2D eigenvalue weighted by Gasteiger charge is 2.16. The molecule has 0 fully saturated rings. The van der Waals surface area contributed by atoms with Crippen molar-refractivity contribution < 1.29 is 18.8 Å². The molecule has 0 saturated carbocycles. The van der Waals surface area contributed by atoms with E-state index in [1.807, 2.05) is 42.5 Å². The lowest BCUT2D eigenvalue weighted by Crippen LogP contribution is -2.23. The van der Waals surface area contributed by atoms with E-state index in [0.717, 1.165) is 11.1 Å². The molecule has 2 aromatic carbocycles. The van der Waals surface area contributed by atoms with Gasteiger partial charge in [-0.15, -0.1) is 0 Å². The van der Waals surface area contributed by atoms with Crippen LogP contribution in [0.3, 0.4) is 0 Å². The molecule has 0 atom stereocenters. The number of hydrogen-bond donors (Lipinski definition) is 1. The molecule has 1 aromatic heterocycles. The number of aromatic nitrogens is 2. The number of amides is 1. The highest BCUT2D eigenvalue weighted by molar-refractivity contribution is 5.89. The van der Waals surface area contributed by atoms with E-state index >= 15 is 0 Å². The second-order valence-electron chi connectivity index (χ2n) is 5.19. The van der Waals surface area contributed by atoms with Gasteiger partial charge in [-0.1, -0.05) is 35.5 Å². The Kier molecular flexibility index (Phi) is 4.94. The standard InChI is InChI=1S/C18H17N3O4/c1-23-14-8-12(9-15(10-14)24-2)11-19-17(22)18-20-16(21-25-18)13-6-4-3-5-7-13/h3-10H,11H2,1-2H3,(H,19,22). The number of carbonyl (C=O) groups excluding carboxylic acids is 1. The van der Waals surface area contributed by atoms with Crippen LogP contribution in [0.15, 0.2) is 53.1 Å². The van der Waals surface area contributed by atoms with Crippen LogP contribution < -0.4 is 14.8 Å². The van der Waals surface area contributed by atoms with Crippen LogP contribution in [0.2, 0.25) is 0 Å². The van der Waals surface area contributed by atoms with Crippen LogP contribution in [-0.4, -0.2) is 30.3 Å². The number of methoxy groups -OCH3 is 2. The zero-order valence-electron chi connectivity index (χ0n) is 13.9. The van der Waals surface area contributed by atoms with E-state index in [0.29, 0.717) is 17.3 Å². The topological polar surface area (TPSA) is 86.5 Å². The normalized spacial score (nSPS) is 10.3. The molecule has 25 heavy (non-hydrogen) atoms. The Labute approximate surface area is 144 Å². The van der Waals surface area contributed by atoms with Crippen molar-refractivity contribution in [3.63, 3.8) is 0 Å². The highest BCUT2D eigenvalue weighted by Crippen LogP contribution is 2.22. The summed E-state index contributed by atoms with van der Waals surface area (Å²) < 4.78 is 15.5. The van der Waals surface area contributed by atoms with Crippen molar-refractivity contribution in [2.24, 2.45) is 0 Å². The maximum Gasteiger partial charge on any atom is 0.316 e. The van der Waals surface area contributed by atoms with Gasteiger partial charge >= 0.3 is 11.8 Å². The Hall–Kier alpha value is -3.35. The van der Waals surface area contributed by atoms with E-state index in [4.69, 9.17) is 14.0 Å². The predicted molar refractivity (Wildman–Crippen MR) is 90.5 cm³/mol. The number of nitrogens with zero attached hydrogens (tertiary/aromatic N) is 2. The fourth-order valence-electron chi connectivity index (χ4n) is 2.25. The Morgan fingerprint density at radius 2 is 1.76 bits per heavy atom. The Balaban J connectivity index is 1.68. The third-order valence-corrected chi connectivity index (χ3v) is 3.52. The number of hydrogen-bond acceptors (Lipinski definition) is 6. The molecule has 0 saturated heterocycles. The van der Waals surface area contributed by atoms with E-state index in [-0.39, 0.29) is 12.4 Å². The van der Waals surface area contributed by atoms with Gasteiger partial charge in [0.05, 0.1) is 14.2 Å². The smallest absolute Gasteiger partial charge is 0.316 e. The monoisotopic (exact) mass is 339 g/mol. The molecule has 7 nitrogen and oxygen atoms in total. The third kappa shape index (κ3) is 3.95. The zero-order chi connectivity index (χ0) is 17.6. The molecule has 0 aliphatic heterocycles. The van der Waals surface area contributed by atoms with E-state index < -0.39 is 5.91 Å². The molecule has 1 amide bonds. The summed E-state index contributed by atoms with van der Waals surface area (Å²) >= 11 is 0. The minimum atomic E-state index is -0.448. The first-order valence-corrected chi connectivity index (χ1v) is 7.59. The summed E-state index contributed by atoms with van der Waals surface area (Å²) in [5.41, 5.74) is 1.61. The molecule has 0 aliphatic carbocycles. The number of ether oxygens (including phenoxy) is 2. The van der Waals surface area contributed by atoms with Gasteiger partial charge in [0.25, 0.3) is 0 Å². The van der Waals surface area contributed by atoms with E-state index in [1.165, 1.54) is 0 Å². The molecule has 3 aromatic rings. The second-order valence-corrected chi connectivity index (χ2v) is 5.19. The summed E-state index contributed by atoms with van der Waals surface area (Å²) in [5, 5.41) is 6.57. The average Bonchev–Trinajstić information content (AvgIpc) is 3.16. The van der Waals surface area contributed by atoms with Crippen LogP contribution in [0.4, 0.5) is 0 Å². The molecule has 128 valence electrons. The minimum Gasteiger partial charge on any atom is -0.497 e. The number of rotatable bonds is 6. The van der Waals surface area contributed by atoms with Gasteiger partial charge in [0.15, 0.2) is 0 Å². The number of carbonyl (C=O) groups is 1. The Morgan fingerprint density at radius 1 is 1.08 bits per heavy atom. The van der Waals surface area contributed by atoms with E-state index in [2.05, 4.69) is 15.5 Å². The predicted octanol–water partition coefficient (Wildman–Crippen LogP) is 2.68. The second kappa shape index (κ2) is 7.48. The van der Waals surface area contributed by atoms with Crippen molar-refractivity contribution in [3.05, 3.63) is 60.0 Å². The van der Waals surface area contributed by atoms with Gasteiger partial charge < -0.3 is 19.3 Å². The van der Waals surface area contributed by atoms with Gasteiger partial charge in [0.1, 0.15) is 11.5 Å². The molecule has 1 N–H and O–H groups in total. The maximum atomic E-state index is 12.2. The Morgan fingerprint density at radius 3 is 2.40 bits per heavy atom. The van der Waals surface area contributed by atoms with Crippen LogP contribution in [-0.2, 0) is 6.54 Å². The molecule has 0 aliphatic rings. The van der Waals surface area contributed by atoms with Crippen LogP contribution >= 0.6 is 0 Å². The van der Waals surface area contributed by atoms with Crippen LogP contribution in [0, 0.1) is 0 Å². The summed E-state index contributed by atoms with van der Waals surface area (Å²) in [6, 6.07) is 14.7. The molecule has 0 bridgehead atoms. The first-order valence-electron chi connectivity index (χ1n) is 7.59. The maximum absolute atomic E-state index is 12.2. The molecule has 0 unspecified atom stereocenters. The van der Waals surface area contributed by atoms with Crippen molar-refractivity contribution in [2.75, 3.05) is 14.2 Å². The molecule has 1 heterocycles. The van der Waals surface area contributed by atoms with Gasteiger partial charge in [0.2, 0.25) is 5.82 Å². The highest BCUT2D eigenvalue weighted by atomic mass is 16.5. The van der Waals surface area contributed by atoms with Gasteiger partial charge in [0, 0.05) is 18.2 Å². The number of benzene rings is 2. The SMILES string of the molecule is COc1cc(CNC(=O)c2nc(-c3ccccc3)no2)cc(OC)c1. The van der Waals surface area contributed by atoms with Gasteiger partial charge in [-0.25, -0.2) is 0 Å². The summed E-state index contributed by atoms with van der Waals surface area (Å²) in [4.78, 5) is 16.3. The lowest BCUT2D eigenvalue weighted by atomic mass is 10.2. The summed E-state index contributed by atoms with van der Waals surface area (Å²) in [7, 11) is 3.14. The minimum absolute atomic E-state index is 0.0892. The van der Waals surface area contributed by atoms with Crippen LogP contribution in [0.1, 0.15) is 16.2 Å². The van der Waals surface area contributed by atoms with Crippen molar-refractivity contribution in [1.29, 1.82) is 0 Å². The average molecular weight is 339 g/mol. The van der Waals surface area contributed by atoms with Crippen LogP contribution in [0.25, 0.3) is 11.4 Å². The van der Waals surface area contributed by atoms with E-state index in [9.17, 15) is 4.79 Å². The van der Waals surface area contributed by atoms with Gasteiger partial charge in [-0.2, -0.15) is 4.98 Å². The molecular formula is C18H17N3O4. The van der Waals surface area contributed by atoms with Crippen LogP contribution in [0.5, 0.6) is 11.5 Å². The van der Waals surface area contributed by atoms with Crippen molar-refractivity contribution in [2.45, 2.75) is 6.54 Å². The molecule has 3 rings (SSSR count). The zero-order valence-corrected chi connectivity index (χ0v) is 13.9. The van der Waals surface area contributed by atoms with Crippen molar-refractivity contribution in [1.82, 2.24) is 15.5 Å². The first-order chi connectivity index (χ1) is 12.2. The fraction of sp³-hybridized carbons (Fsp3) is 0.167. The molecular weight excluding hydrogens is 322 g/mol. The first kappa shape index (κ1) is 16.5. The Bertz CT molecular complexity index is 840. The van der Waals surface area contributed by atoms with E-state index in [1.54, 1.807) is 20.3 Å². The van der Waals surface area contributed by atoms with Gasteiger partial charge in [-0.3, -0.25) is 4.79 Å². The largest absolute Gasteiger partial charge is 0.497 e. The summed E-state index contributed by atoms with van der Waals surface area (Å²) in [6.45, 7) is 0.273. The quantitative estimate of drug-likeness (QED) is 0.743. The summed E-state index contributed by atoms with van der Waals surface area (Å²) in [5.74, 6) is 1.12. The number of nitrogens with one attached hydrogen (secondary N) is 1. The molecule has 0 radical (unpaired) electrons. The summed E-state index contributed by atoms with van der Waals surface area (Å²) in [6.07, 6.45) is 0. The molecule has 0 spiro atoms. The fourth-order valence-corrected chi connectivity index (χ4v) is 2.25.